The normalized spacial score (nSPS) is 11.0. The molecule has 0 aliphatic carbocycles. The first kappa shape index (κ1) is 13.7. The second-order valence-corrected chi connectivity index (χ2v) is 5.75. The highest BCUT2D eigenvalue weighted by Crippen LogP contribution is 2.36. The van der Waals surface area contributed by atoms with E-state index in [0.717, 1.165) is 27.4 Å². The summed E-state index contributed by atoms with van der Waals surface area (Å²) < 4.78 is 32.7. The van der Waals surface area contributed by atoms with Crippen LogP contribution in [0.5, 0.6) is 11.6 Å². The molecule has 0 amide bonds. The van der Waals surface area contributed by atoms with Crippen LogP contribution in [0.1, 0.15) is 10.4 Å². The van der Waals surface area contributed by atoms with Crippen LogP contribution in [0.3, 0.4) is 0 Å². The first-order valence-electron chi connectivity index (χ1n) is 6.10. The van der Waals surface area contributed by atoms with Gasteiger partial charge in [0.2, 0.25) is 5.88 Å². The zero-order chi connectivity index (χ0) is 15.1. The van der Waals surface area contributed by atoms with Gasteiger partial charge in [0.1, 0.15) is 17.0 Å². The molecule has 0 saturated carbocycles. The summed E-state index contributed by atoms with van der Waals surface area (Å²) >= 11 is 1.49. The molecular weight excluding hydrogens is 296 g/mol. The van der Waals surface area contributed by atoms with E-state index in [1.165, 1.54) is 17.7 Å². The van der Waals surface area contributed by atoms with Gasteiger partial charge in [0.15, 0.2) is 11.6 Å². The first-order valence-corrected chi connectivity index (χ1v) is 6.92. The summed E-state index contributed by atoms with van der Waals surface area (Å²) in [4.78, 5) is 9.99. The molecule has 0 atom stereocenters. The summed E-state index contributed by atoms with van der Waals surface area (Å²) in [6.07, 6.45) is 1.33. The minimum absolute atomic E-state index is 0.199. The van der Waals surface area contributed by atoms with E-state index in [4.69, 9.17) is 10.5 Å². The van der Waals surface area contributed by atoms with Crippen LogP contribution >= 0.6 is 11.3 Å². The number of nitrogens with zero attached hydrogens (tertiary/aromatic N) is 2. The Hall–Kier alpha value is -2.28. The number of nitrogens with two attached hydrogens (primary N) is 1. The van der Waals surface area contributed by atoms with Gasteiger partial charge >= 0.3 is 0 Å². The van der Waals surface area contributed by atoms with E-state index in [1.54, 1.807) is 0 Å². The molecule has 0 fully saturated rings. The van der Waals surface area contributed by atoms with Crippen molar-refractivity contribution in [2.45, 2.75) is 13.8 Å². The van der Waals surface area contributed by atoms with Crippen molar-refractivity contribution in [3.8, 4) is 11.6 Å². The van der Waals surface area contributed by atoms with E-state index >= 15 is 0 Å². The molecule has 1 aromatic carbocycles. The molecule has 0 radical (unpaired) electrons. The molecule has 2 aromatic heterocycles. The molecule has 4 nitrogen and oxygen atoms in total. The Morgan fingerprint density at radius 1 is 1.14 bits per heavy atom. The summed E-state index contributed by atoms with van der Waals surface area (Å²) in [5.74, 6) is -1.55. The van der Waals surface area contributed by atoms with E-state index in [1.807, 2.05) is 13.8 Å². The maximum Gasteiger partial charge on any atom is 0.231 e. The third-order valence-electron chi connectivity index (χ3n) is 3.19. The standard InChI is InChI=1S/C14H11F2N3OS/c1-6-7(2)21-14-12(6)13(18-5-19-14)20-11-4-8(15)10(17)3-9(11)16/h3-5H,17H2,1-2H3. The molecule has 7 heteroatoms. The van der Waals surface area contributed by atoms with E-state index in [-0.39, 0.29) is 17.3 Å². The zero-order valence-corrected chi connectivity index (χ0v) is 12.1. The number of thiophene rings is 1. The number of ether oxygens (including phenoxy) is 1. The van der Waals surface area contributed by atoms with Gasteiger partial charge in [-0.25, -0.2) is 18.7 Å². The minimum Gasteiger partial charge on any atom is -0.435 e. The number of nitrogen functional groups attached to an aromatic ring is 1. The van der Waals surface area contributed by atoms with Gasteiger partial charge in [-0.2, -0.15) is 0 Å². The lowest BCUT2D eigenvalue weighted by Gasteiger charge is -2.08. The van der Waals surface area contributed by atoms with Crippen LogP contribution in [-0.4, -0.2) is 9.97 Å². The van der Waals surface area contributed by atoms with E-state index < -0.39 is 11.6 Å². The highest BCUT2D eigenvalue weighted by atomic mass is 32.1. The van der Waals surface area contributed by atoms with Crippen molar-refractivity contribution >= 4 is 27.2 Å². The van der Waals surface area contributed by atoms with Crippen LogP contribution in [0.25, 0.3) is 10.2 Å². The number of hydrogen-bond acceptors (Lipinski definition) is 5. The maximum absolute atomic E-state index is 13.8. The average molecular weight is 307 g/mol. The fourth-order valence-electron chi connectivity index (χ4n) is 1.95. The van der Waals surface area contributed by atoms with Gasteiger partial charge in [-0.1, -0.05) is 0 Å². The number of aryl methyl sites for hydroxylation is 2. The highest BCUT2D eigenvalue weighted by molar-refractivity contribution is 7.18. The average Bonchev–Trinajstić information content (AvgIpc) is 2.72. The second-order valence-electron chi connectivity index (χ2n) is 4.55. The first-order chi connectivity index (χ1) is 9.97. The molecule has 21 heavy (non-hydrogen) atoms. The third-order valence-corrected chi connectivity index (χ3v) is 4.30. The third kappa shape index (κ3) is 2.29. The predicted octanol–water partition coefficient (Wildman–Crippen LogP) is 3.96. The molecule has 0 saturated heterocycles. The molecule has 0 aliphatic heterocycles. The fraction of sp³-hybridized carbons (Fsp3) is 0.143. The maximum atomic E-state index is 13.8. The lowest BCUT2D eigenvalue weighted by molar-refractivity contribution is 0.427. The number of fused-ring (bicyclic) bond motifs is 1. The molecule has 0 unspecified atom stereocenters. The van der Waals surface area contributed by atoms with Gasteiger partial charge in [-0.15, -0.1) is 11.3 Å². The number of rotatable bonds is 2. The lowest BCUT2D eigenvalue weighted by atomic mass is 10.2. The molecule has 0 spiro atoms. The van der Waals surface area contributed by atoms with Crippen molar-refractivity contribution in [1.82, 2.24) is 9.97 Å². The van der Waals surface area contributed by atoms with Gasteiger partial charge in [0.25, 0.3) is 0 Å². The van der Waals surface area contributed by atoms with Crippen LogP contribution in [0.4, 0.5) is 14.5 Å². The zero-order valence-electron chi connectivity index (χ0n) is 11.3. The quantitative estimate of drug-likeness (QED) is 0.728. The monoisotopic (exact) mass is 307 g/mol. The Labute approximate surface area is 123 Å². The molecule has 0 bridgehead atoms. The van der Waals surface area contributed by atoms with Crippen molar-refractivity contribution in [3.63, 3.8) is 0 Å². The predicted molar refractivity (Wildman–Crippen MR) is 77.7 cm³/mol. The van der Waals surface area contributed by atoms with Crippen molar-refractivity contribution in [2.24, 2.45) is 0 Å². The molecule has 3 rings (SSSR count). The van der Waals surface area contributed by atoms with E-state index in [9.17, 15) is 8.78 Å². The van der Waals surface area contributed by atoms with Gasteiger partial charge in [0.05, 0.1) is 11.1 Å². The fourth-order valence-corrected chi connectivity index (χ4v) is 2.94. The van der Waals surface area contributed by atoms with E-state index in [2.05, 4.69) is 9.97 Å². The molecule has 0 aliphatic rings. The topological polar surface area (TPSA) is 61.0 Å². The number of anilines is 1. The Morgan fingerprint density at radius 3 is 2.67 bits per heavy atom. The van der Waals surface area contributed by atoms with Crippen LogP contribution in [0.15, 0.2) is 18.5 Å². The largest absolute Gasteiger partial charge is 0.435 e. The molecule has 2 N–H and O–H groups in total. The molecule has 3 aromatic rings. The van der Waals surface area contributed by atoms with Crippen molar-refractivity contribution in [1.29, 1.82) is 0 Å². The van der Waals surface area contributed by atoms with Gasteiger partial charge < -0.3 is 10.5 Å². The summed E-state index contributed by atoms with van der Waals surface area (Å²) in [5, 5.41) is 0.705. The van der Waals surface area contributed by atoms with Crippen molar-refractivity contribution < 1.29 is 13.5 Å². The number of aromatic nitrogens is 2. The summed E-state index contributed by atoms with van der Waals surface area (Å²) in [7, 11) is 0. The highest BCUT2D eigenvalue weighted by Gasteiger charge is 2.16. The van der Waals surface area contributed by atoms with Gasteiger partial charge in [-0.05, 0) is 19.4 Å². The Bertz CT molecular complexity index is 848. The molecular formula is C14H11F2N3OS. The molecule has 2 heterocycles. The van der Waals surface area contributed by atoms with Crippen LogP contribution in [0, 0.1) is 25.5 Å². The second kappa shape index (κ2) is 4.92. The summed E-state index contributed by atoms with van der Waals surface area (Å²) in [6.45, 7) is 3.86. The Kier molecular flexibility index (Phi) is 3.21. The van der Waals surface area contributed by atoms with Crippen molar-refractivity contribution in [3.05, 3.63) is 40.5 Å². The van der Waals surface area contributed by atoms with Crippen LogP contribution in [-0.2, 0) is 0 Å². The number of hydrogen-bond donors (Lipinski definition) is 1. The SMILES string of the molecule is Cc1sc2ncnc(Oc3cc(F)c(N)cc3F)c2c1C. The van der Waals surface area contributed by atoms with Crippen LogP contribution < -0.4 is 10.5 Å². The van der Waals surface area contributed by atoms with Crippen LogP contribution in [0.2, 0.25) is 0 Å². The Balaban J connectivity index is 2.12. The summed E-state index contributed by atoms with van der Waals surface area (Å²) in [6, 6.07) is 1.79. The summed E-state index contributed by atoms with van der Waals surface area (Å²) in [5.41, 5.74) is 6.00. The van der Waals surface area contributed by atoms with Crippen molar-refractivity contribution in [2.75, 3.05) is 5.73 Å². The number of halogens is 2. The number of benzene rings is 1. The molecule has 108 valence electrons. The van der Waals surface area contributed by atoms with Gasteiger partial charge in [0, 0.05) is 17.0 Å². The Morgan fingerprint density at radius 2 is 1.90 bits per heavy atom. The van der Waals surface area contributed by atoms with E-state index in [0.29, 0.717) is 5.39 Å². The lowest BCUT2D eigenvalue weighted by Crippen LogP contribution is -1.97. The minimum atomic E-state index is -0.745. The smallest absolute Gasteiger partial charge is 0.231 e. The van der Waals surface area contributed by atoms with Gasteiger partial charge in [-0.3, -0.25) is 0 Å².